The number of halogens is 1. The first kappa shape index (κ1) is 12.9. The number of aromatic amines is 1. The first-order valence-corrected chi connectivity index (χ1v) is 6.97. The molecule has 0 atom stereocenters. The Morgan fingerprint density at radius 3 is 2.90 bits per heavy atom. The molecule has 3 rings (SSSR count). The van der Waals surface area contributed by atoms with Gasteiger partial charge in [0, 0.05) is 5.56 Å². The van der Waals surface area contributed by atoms with Gasteiger partial charge in [0.05, 0.1) is 10.8 Å². The van der Waals surface area contributed by atoms with Gasteiger partial charge in [-0.1, -0.05) is 40.7 Å². The van der Waals surface area contributed by atoms with Crippen LogP contribution in [-0.2, 0) is 5.75 Å². The Balaban J connectivity index is 1.72. The lowest BCUT2D eigenvalue weighted by Gasteiger charge is -1.95. The van der Waals surface area contributed by atoms with E-state index in [-0.39, 0.29) is 5.95 Å². The second-order valence-corrected chi connectivity index (χ2v) is 5.13. The summed E-state index contributed by atoms with van der Waals surface area (Å²) in [5.74, 6) is 1.65. The molecule has 0 amide bonds. The van der Waals surface area contributed by atoms with Crippen LogP contribution in [0.4, 0.5) is 5.95 Å². The number of anilines is 1. The fourth-order valence-corrected chi connectivity index (χ4v) is 2.38. The van der Waals surface area contributed by atoms with Crippen molar-refractivity contribution in [3.8, 4) is 11.4 Å². The Labute approximate surface area is 122 Å². The van der Waals surface area contributed by atoms with E-state index < -0.39 is 0 Å². The molecule has 20 heavy (non-hydrogen) atoms. The topological polar surface area (TPSA) is 107 Å². The molecule has 9 heteroatoms. The fourth-order valence-electron chi connectivity index (χ4n) is 1.51. The average molecular weight is 309 g/mol. The molecule has 0 fully saturated rings. The van der Waals surface area contributed by atoms with Gasteiger partial charge in [-0.25, -0.2) is 5.10 Å². The van der Waals surface area contributed by atoms with Gasteiger partial charge < -0.3 is 10.3 Å². The minimum atomic E-state index is 0.273. The van der Waals surface area contributed by atoms with Crippen LogP contribution < -0.4 is 5.73 Å². The van der Waals surface area contributed by atoms with Crippen molar-refractivity contribution < 1.29 is 4.52 Å². The maximum absolute atomic E-state index is 6.08. The molecule has 2 heterocycles. The number of benzene rings is 1. The molecular weight excluding hydrogens is 300 g/mol. The van der Waals surface area contributed by atoms with Crippen LogP contribution in [-0.4, -0.2) is 25.3 Å². The lowest BCUT2D eigenvalue weighted by molar-refractivity contribution is 0.391. The average Bonchev–Trinajstić information content (AvgIpc) is 3.06. The molecule has 3 aromatic rings. The monoisotopic (exact) mass is 308 g/mol. The highest BCUT2D eigenvalue weighted by molar-refractivity contribution is 7.98. The maximum Gasteiger partial charge on any atom is 0.237 e. The van der Waals surface area contributed by atoms with Gasteiger partial charge in [0.25, 0.3) is 0 Å². The molecule has 0 aliphatic heterocycles. The molecule has 0 saturated carbocycles. The lowest BCUT2D eigenvalue weighted by Crippen LogP contribution is -1.86. The third-order valence-electron chi connectivity index (χ3n) is 2.39. The molecule has 0 unspecified atom stereocenters. The number of nitrogens with two attached hydrogens (primary N) is 1. The van der Waals surface area contributed by atoms with Gasteiger partial charge in [0.2, 0.25) is 22.8 Å². The van der Waals surface area contributed by atoms with Gasteiger partial charge in [0.1, 0.15) is 0 Å². The van der Waals surface area contributed by atoms with Gasteiger partial charge >= 0.3 is 0 Å². The molecule has 0 aliphatic carbocycles. The molecule has 2 aromatic heterocycles. The number of hydrogen-bond donors (Lipinski definition) is 2. The summed E-state index contributed by atoms with van der Waals surface area (Å²) in [4.78, 5) is 8.25. The minimum absolute atomic E-state index is 0.273. The minimum Gasteiger partial charge on any atom is -0.368 e. The van der Waals surface area contributed by atoms with E-state index in [1.165, 1.54) is 11.8 Å². The van der Waals surface area contributed by atoms with E-state index in [9.17, 15) is 0 Å². The summed E-state index contributed by atoms with van der Waals surface area (Å²) in [5.41, 5.74) is 6.17. The molecule has 0 aliphatic rings. The van der Waals surface area contributed by atoms with Gasteiger partial charge in [-0.3, -0.25) is 0 Å². The number of aromatic nitrogens is 5. The van der Waals surface area contributed by atoms with Crippen molar-refractivity contribution in [3.05, 3.63) is 35.2 Å². The van der Waals surface area contributed by atoms with Crippen molar-refractivity contribution in [3.63, 3.8) is 0 Å². The van der Waals surface area contributed by atoms with Crippen LogP contribution >= 0.6 is 23.4 Å². The van der Waals surface area contributed by atoms with E-state index in [2.05, 4.69) is 25.3 Å². The Hall–Kier alpha value is -2.06. The summed E-state index contributed by atoms with van der Waals surface area (Å²) in [6, 6.07) is 7.32. The number of thioether (sulfide) groups is 1. The van der Waals surface area contributed by atoms with Gasteiger partial charge in [-0.05, 0) is 12.1 Å². The molecule has 0 spiro atoms. The van der Waals surface area contributed by atoms with Crippen LogP contribution in [0.1, 0.15) is 5.89 Å². The van der Waals surface area contributed by atoms with Crippen LogP contribution in [0.25, 0.3) is 11.4 Å². The third-order valence-corrected chi connectivity index (χ3v) is 3.55. The fraction of sp³-hybridized carbons (Fsp3) is 0.0909. The normalized spacial score (nSPS) is 10.8. The predicted octanol–water partition coefficient (Wildman–Crippen LogP) is 2.38. The van der Waals surface area contributed by atoms with Crippen molar-refractivity contribution in [2.45, 2.75) is 10.9 Å². The standard InChI is InChI=1S/C11H9ClN6OS/c12-7-4-2-1-3-6(7)9-14-8(19-18-9)5-20-11-15-10(13)16-17-11/h1-4H,5H2,(H3,13,15,16,17). The number of nitrogens with zero attached hydrogens (tertiary/aromatic N) is 4. The number of rotatable bonds is 4. The van der Waals surface area contributed by atoms with Crippen LogP contribution in [0.2, 0.25) is 5.02 Å². The van der Waals surface area contributed by atoms with Crippen molar-refractivity contribution in [2.75, 3.05) is 5.73 Å². The Bertz CT molecular complexity index is 727. The zero-order valence-electron chi connectivity index (χ0n) is 10.1. The van der Waals surface area contributed by atoms with E-state index in [1.807, 2.05) is 18.2 Å². The summed E-state index contributed by atoms with van der Waals surface area (Å²) in [7, 11) is 0. The number of nitrogens with one attached hydrogen (secondary N) is 1. The molecule has 1 aromatic carbocycles. The Morgan fingerprint density at radius 2 is 2.15 bits per heavy atom. The SMILES string of the molecule is Nc1nc(SCc2nc(-c3ccccc3Cl)no2)n[nH]1. The summed E-state index contributed by atoms with van der Waals surface area (Å²) in [6.07, 6.45) is 0. The molecule has 3 N–H and O–H groups in total. The van der Waals surface area contributed by atoms with Gasteiger partial charge in [-0.2, -0.15) is 9.97 Å². The van der Waals surface area contributed by atoms with Gasteiger partial charge in [0.15, 0.2) is 0 Å². The van der Waals surface area contributed by atoms with Crippen LogP contribution in [0.5, 0.6) is 0 Å². The van der Waals surface area contributed by atoms with E-state index in [1.54, 1.807) is 6.07 Å². The highest BCUT2D eigenvalue weighted by Crippen LogP contribution is 2.26. The van der Waals surface area contributed by atoms with Crippen LogP contribution in [0.15, 0.2) is 33.9 Å². The predicted molar refractivity (Wildman–Crippen MR) is 75.1 cm³/mol. The first-order chi connectivity index (χ1) is 9.72. The first-order valence-electron chi connectivity index (χ1n) is 5.60. The maximum atomic E-state index is 6.08. The summed E-state index contributed by atoms with van der Waals surface area (Å²) in [5, 5.41) is 11.5. The Kier molecular flexibility index (Phi) is 3.57. The second-order valence-electron chi connectivity index (χ2n) is 3.78. The molecule has 0 saturated heterocycles. The molecular formula is C11H9ClN6OS. The zero-order valence-corrected chi connectivity index (χ0v) is 11.6. The van der Waals surface area contributed by atoms with Crippen molar-refractivity contribution in [1.82, 2.24) is 25.3 Å². The summed E-state index contributed by atoms with van der Waals surface area (Å²) < 4.78 is 5.16. The van der Waals surface area contributed by atoms with Gasteiger partial charge in [-0.15, -0.1) is 5.10 Å². The van der Waals surface area contributed by atoms with E-state index in [0.29, 0.717) is 27.6 Å². The second kappa shape index (κ2) is 5.51. The number of nitrogen functional groups attached to an aromatic ring is 1. The molecule has 102 valence electrons. The highest BCUT2D eigenvalue weighted by Gasteiger charge is 2.12. The third kappa shape index (κ3) is 2.75. The summed E-state index contributed by atoms with van der Waals surface area (Å²) >= 11 is 7.42. The number of H-pyrrole nitrogens is 1. The van der Waals surface area contributed by atoms with E-state index in [0.717, 1.165) is 5.56 Å². The van der Waals surface area contributed by atoms with Crippen molar-refractivity contribution >= 4 is 29.3 Å². The van der Waals surface area contributed by atoms with Crippen LogP contribution in [0, 0.1) is 0 Å². The van der Waals surface area contributed by atoms with Crippen LogP contribution in [0.3, 0.4) is 0 Å². The van der Waals surface area contributed by atoms with Crippen molar-refractivity contribution in [1.29, 1.82) is 0 Å². The van der Waals surface area contributed by atoms with Crippen molar-refractivity contribution in [2.24, 2.45) is 0 Å². The lowest BCUT2D eigenvalue weighted by atomic mass is 10.2. The quantitative estimate of drug-likeness (QED) is 0.712. The van der Waals surface area contributed by atoms with E-state index in [4.69, 9.17) is 21.9 Å². The molecule has 0 bridgehead atoms. The molecule has 7 nitrogen and oxygen atoms in total. The van der Waals surface area contributed by atoms with E-state index >= 15 is 0 Å². The highest BCUT2D eigenvalue weighted by atomic mass is 35.5. The molecule has 0 radical (unpaired) electrons. The largest absolute Gasteiger partial charge is 0.368 e. The Morgan fingerprint density at radius 1 is 1.30 bits per heavy atom. The summed E-state index contributed by atoms with van der Waals surface area (Å²) in [6.45, 7) is 0. The smallest absolute Gasteiger partial charge is 0.237 e. The zero-order chi connectivity index (χ0) is 13.9. The number of hydrogen-bond acceptors (Lipinski definition) is 7.